The van der Waals surface area contributed by atoms with Crippen LogP contribution in [0.4, 0.5) is 5.13 Å². The van der Waals surface area contributed by atoms with Gasteiger partial charge in [-0.3, -0.25) is 0 Å². The first kappa shape index (κ1) is 13.3. The van der Waals surface area contributed by atoms with Gasteiger partial charge in [0.2, 0.25) is 5.13 Å². The summed E-state index contributed by atoms with van der Waals surface area (Å²) in [6.45, 7) is 0. The van der Waals surface area contributed by atoms with Crippen LogP contribution in [-0.4, -0.2) is 27.4 Å². The summed E-state index contributed by atoms with van der Waals surface area (Å²) >= 11 is 1.64. The summed E-state index contributed by atoms with van der Waals surface area (Å²) in [7, 11) is 0. The molecule has 0 radical (unpaired) electrons. The van der Waals surface area contributed by atoms with Crippen molar-refractivity contribution in [2.24, 2.45) is 0 Å². The fourth-order valence-electron chi connectivity index (χ4n) is 3.26. The highest BCUT2D eigenvalue weighted by molar-refractivity contribution is 7.15. The number of anilines is 1. The largest absolute Gasteiger partial charge is 0.392 e. The third kappa shape index (κ3) is 3.26. The normalized spacial score (nSPS) is 29.3. The Kier molecular flexibility index (Phi) is 4.33. The minimum absolute atomic E-state index is 0.216. The number of nitrogens with one attached hydrogen (secondary N) is 1. The van der Waals surface area contributed by atoms with E-state index in [1.807, 2.05) is 0 Å². The molecule has 2 aliphatic carbocycles. The Morgan fingerprint density at radius 3 is 2.47 bits per heavy atom. The molecule has 5 heteroatoms. The fourth-order valence-corrected chi connectivity index (χ4v) is 4.28. The van der Waals surface area contributed by atoms with Gasteiger partial charge in [-0.1, -0.05) is 43.4 Å². The minimum Gasteiger partial charge on any atom is -0.392 e. The second-order valence-corrected chi connectivity index (χ2v) is 6.89. The second-order valence-electron chi connectivity index (χ2n) is 5.88. The molecule has 1 aromatic rings. The average Bonchev–Trinajstić information content (AvgIpc) is 2.89. The molecule has 2 saturated carbocycles. The van der Waals surface area contributed by atoms with Crippen molar-refractivity contribution in [3.05, 3.63) is 5.01 Å². The molecule has 0 saturated heterocycles. The molecule has 2 aliphatic rings. The molecule has 0 bridgehead atoms. The van der Waals surface area contributed by atoms with E-state index in [-0.39, 0.29) is 12.0 Å². The van der Waals surface area contributed by atoms with E-state index in [4.69, 9.17) is 0 Å². The maximum atomic E-state index is 10.1. The summed E-state index contributed by atoms with van der Waals surface area (Å²) in [5.41, 5.74) is 0. The molecule has 106 valence electrons. The van der Waals surface area contributed by atoms with Crippen LogP contribution in [0.5, 0.6) is 0 Å². The Balaban J connectivity index is 1.61. The zero-order chi connectivity index (χ0) is 13.1. The first-order chi connectivity index (χ1) is 9.33. The maximum Gasteiger partial charge on any atom is 0.205 e. The molecule has 2 atom stereocenters. The van der Waals surface area contributed by atoms with Crippen molar-refractivity contribution < 1.29 is 5.11 Å². The Hall–Kier alpha value is -0.680. The molecule has 1 heterocycles. The lowest BCUT2D eigenvalue weighted by Crippen LogP contribution is -2.22. The Bertz CT molecular complexity index is 403. The van der Waals surface area contributed by atoms with Crippen molar-refractivity contribution in [1.82, 2.24) is 10.2 Å². The van der Waals surface area contributed by atoms with Crippen molar-refractivity contribution in [3.8, 4) is 0 Å². The first-order valence-corrected chi connectivity index (χ1v) is 8.42. The summed E-state index contributed by atoms with van der Waals surface area (Å²) in [5, 5.41) is 24.1. The molecule has 0 spiro atoms. The molecule has 0 amide bonds. The number of hydrogen-bond donors (Lipinski definition) is 2. The van der Waals surface area contributed by atoms with Crippen molar-refractivity contribution in [3.63, 3.8) is 0 Å². The smallest absolute Gasteiger partial charge is 0.205 e. The summed E-state index contributed by atoms with van der Waals surface area (Å²) in [4.78, 5) is 0. The van der Waals surface area contributed by atoms with E-state index in [1.165, 1.54) is 38.5 Å². The van der Waals surface area contributed by atoms with Crippen LogP contribution in [0.3, 0.4) is 0 Å². The highest BCUT2D eigenvalue weighted by Crippen LogP contribution is 2.36. The minimum atomic E-state index is -0.218. The number of nitrogens with zero attached hydrogens (tertiary/aromatic N) is 2. The van der Waals surface area contributed by atoms with Crippen LogP contribution in [0, 0.1) is 0 Å². The van der Waals surface area contributed by atoms with Gasteiger partial charge in [0.1, 0.15) is 5.01 Å². The standard InChI is InChI=1S/C14H23N3OS/c18-12-9-5-4-8-11(12)13-16-17-14(19-13)15-10-6-2-1-3-7-10/h10-12,18H,1-9H2,(H,15,17)/t11-,12+/m0/s1. The topological polar surface area (TPSA) is 58.0 Å². The van der Waals surface area contributed by atoms with E-state index in [0.717, 1.165) is 29.4 Å². The van der Waals surface area contributed by atoms with Gasteiger partial charge in [-0.05, 0) is 25.7 Å². The predicted octanol–water partition coefficient (Wildman–Crippen LogP) is 3.30. The zero-order valence-corrected chi connectivity index (χ0v) is 12.2. The molecule has 0 aromatic carbocycles. The van der Waals surface area contributed by atoms with Crippen LogP contribution in [0.25, 0.3) is 0 Å². The van der Waals surface area contributed by atoms with Crippen molar-refractivity contribution in [2.45, 2.75) is 75.9 Å². The van der Waals surface area contributed by atoms with Gasteiger partial charge < -0.3 is 10.4 Å². The molecule has 19 heavy (non-hydrogen) atoms. The number of aliphatic hydroxyl groups is 1. The SMILES string of the molecule is O[C@@H]1CCCC[C@@H]1c1nnc(NC2CCCCC2)s1. The van der Waals surface area contributed by atoms with Gasteiger partial charge in [0, 0.05) is 12.0 Å². The Morgan fingerprint density at radius 1 is 0.947 bits per heavy atom. The van der Waals surface area contributed by atoms with Crippen LogP contribution < -0.4 is 5.32 Å². The van der Waals surface area contributed by atoms with Crippen molar-refractivity contribution in [2.75, 3.05) is 5.32 Å². The zero-order valence-electron chi connectivity index (χ0n) is 11.3. The van der Waals surface area contributed by atoms with E-state index in [1.54, 1.807) is 11.3 Å². The summed E-state index contributed by atoms with van der Waals surface area (Å²) < 4.78 is 0. The molecular weight excluding hydrogens is 258 g/mol. The van der Waals surface area contributed by atoms with E-state index in [0.29, 0.717) is 6.04 Å². The number of aromatic nitrogens is 2. The van der Waals surface area contributed by atoms with Gasteiger partial charge in [0.25, 0.3) is 0 Å². The molecule has 0 unspecified atom stereocenters. The van der Waals surface area contributed by atoms with Crippen LogP contribution in [-0.2, 0) is 0 Å². The van der Waals surface area contributed by atoms with E-state index in [9.17, 15) is 5.11 Å². The lowest BCUT2D eigenvalue weighted by atomic mass is 9.87. The number of rotatable bonds is 3. The van der Waals surface area contributed by atoms with E-state index in [2.05, 4.69) is 15.5 Å². The first-order valence-electron chi connectivity index (χ1n) is 7.61. The van der Waals surface area contributed by atoms with Crippen LogP contribution >= 0.6 is 11.3 Å². The molecule has 3 rings (SSSR count). The number of aliphatic hydroxyl groups excluding tert-OH is 1. The molecular formula is C14H23N3OS. The van der Waals surface area contributed by atoms with Crippen molar-refractivity contribution in [1.29, 1.82) is 0 Å². The summed E-state index contributed by atoms with van der Waals surface area (Å²) in [6.07, 6.45) is 10.6. The Morgan fingerprint density at radius 2 is 1.68 bits per heavy atom. The Labute approximate surface area is 118 Å². The van der Waals surface area contributed by atoms with Gasteiger partial charge in [-0.25, -0.2) is 0 Å². The lowest BCUT2D eigenvalue weighted by Gasteiger charge is -2.25. The second kappa shape index (κ2) is 6.18. The molecule has 4 nitrogen and oxygen atoms in total. The monoisotopic (exact) mass is 281 g/mol. The van der Waals surface area contributed by atoms with Crippen LogP contribution in [0.2, 0.25) is 0 Å². The molecule has 0 aliphatic heterocycles. The van der Waals surface area contributed by atoms with Gasteiger partial charge in [0.05, 0.1) is 6.10 Å². The lowest BCUT2D eigenvalue weighted by molar-refractivity contribution is 0.106. The van der Waals surface area contributed by atoms with Gasteiger partial charge in [0.15, 0.2) is 0 Å². The van der Waals surface area contributed by atoms with Crippen LogP contribution in [0.1, 0.15) is 68.7 Å². The van der Waals surface area contributed by atoms with Gasteiger partial charge in [-0.2, -0.15) is 0 Å². The van der Waals surface area contributed by atoms with Gasteiger partial charge >= 0.3 is 0 Å². The summed E-state index contributed by atoms with van der Waals surface area (Å²) in [5.74, 6) is 0.216. The third-order valence-electron chi connectivity index (χ3n) is 4.42. The predicted molar refractivity (Wildman–Crippen MR) is 77.6 cm³/mol. The average molecular weight is 281 g/mol. The van der Waals surface area contributed by atoms with E-state index >= 15 is 0 Å². The highest BCUT2D eigenvalue weighted by atomic mass is 32.1. The van der Waals surface area contributed by atoms with E-state index < -0.39 is 0 Å². The highest BCUT2D eigenvalue weighted by Gasteiger charge is 2.28. The molecule has 2 fully saturated rings. The molecule has 2 N–H and O–H groups in total. The maximum absolute atomic E-state index is 10.1. The fraction of sp³-hybridized carbons (Fsp3) is 0.857. The van der Waals surface area contributed by atoms with Gasteiger partial charge in [-0.15, -0.1) is 10.2 Å². The summed E-state index contributed by atoms with van der Waals surface area (Å²) in [6, 6.07) is 0.575. The van der Waals surface area contributed by atoms with Crippen molar-refractivity contribution >= 4 is 16.5 Å². The molecule has 1 aromatic heterocycles. The van der Waals surface area contributed by atoms with Crippen LogP contribution in [0.15, 0.2) is 0 Å². The third-order valence-corrected chi connectivity index (χ3v) is 5.41. The quantitative estimate of drug-likeness (QED) is 0.892. The number of hydrogen-bond acceptors (Lipinski definition) is 5.